The van der Waals surface area contributed by atoms with Gasteiger partial charge in [0.1, 0.15) is 0 Å². The molecule has 4 rings (SSSR count). The number of nitrogens with one attached hydrogen (secondary N) is 1. The third kappa shape index (κ3) is 12.2. The van der Waals surface area contributed by atoms with Crippen molar-refractivity contribution in [2.45, 2.75) is 13.1 Å². The Bertz CT molecular complexity index is 1600. The molecule has 1 aliphatic rings. The van der Waals surface area contributed by atoms with Gasteiger partial charge in [0.2, 0.25) is 5.91 Å². The first-order valence-electron chi connectivity index (χ1n) is 16.5. The van der Waals surface area contributed by atoms with Gasteiger partial charge in [0.15, 0.2) is 0 Å². The van der Waals surface area contributed by atoms with Crippen LogP contribution in [0.5, 0.6) is 0 Å². The smallest absolute Gasteiger partial charge is 0.317 e. The number of amides is 2. The first kappa shape index (κ1) is 37.9. The van der Waals surface area contributed by atoms with Crippen molar-refractivity contribution in [3.63, 3.8) is 0 Å². The molecule has 0 radical (unpaired) electrons. The van der Waals surface area contributed by atoms with Crippen LogP contribution in [0.15, 0.2) is 60.8 Å². The fraction of sp³-hybridized carbons (Fsp3) is 0.429. The van der Waals surface area contributed by atoms with Crippen LogP contribution in [-0.4, -0.2) is 160 Å². The Labute approximate surface area is 290 Å². The van der Waals surface area contributed by atoms with E-state index < -0.39 is 17.9 Å². The summed E-state index contributed by atoms with van der Waals surface area (Å²) in [4.78, 5) is 73.7. The first-order valence-corrected chi connectivity index (χ1v) is 16.5. The highest BCUT2D eigenvalue weighted by atomic mass is 16.4. The third-order valence-corrected chi connectivity index (χ3v) is 8.55. The van der Waals surface area contributed by atoms with Gasteiger partial charge in [0.05, 0.1) is 38.4 Å². The molecule has 1 saturated heterocycles. The van der Waals surface area contributed by atoms with E-state index in [1.165, 1.54) is 0 Å². The van der Waals surface area contributed by atoms with Gasteiger partial charge in [-0.2, -0.15) is 0 Å². The van der Waals surface area contributed by atoms with E-state index in [9.17, 15) is 39.3 Å². The van der Waals surface area contributed by atoms with Crippen molar-refractivity contribution < 1.29 is 39.3 Å². The number of benzene rings is 2. The van der Waals surface area contributed by atoms with E-state index in [0.29, 0.717) is 64.5 Å². The van der Waals surface area contributed by atoms with E-state index in [2.05, 4.69) is 10.3 Å². The molecule has 1 aliphatic heterocycles. The van der Waals surface area contributed by atoms with Gasteiger partial charge in [-0.15, -0.1) is 0 Å². The van der Waals surface area contributed by atoms with Crippen LogP contribution in [-0.2, 0) is 32.3 Å². The van der Waals surface area contributed by atoms with Crippen LogP contribution in [0.1, 0.15) is 21.6 Å². The molecule has 268 valence electrons. The highest BCUT2D eigenvalue weighted by Gasteiger charge is 2.21. The maximum absolute atomic E-state index is 13.2. The lowest BCUT2D eigenvalue weighted by molar-refractivity contribution is -0.140. The van der Waals surface area contributed by atoms with Crippen LogP contribution in [0, 0.1) is 0 Å². The quantitative estimate of drug-likeness (QED) is 0.195. The average Bonchev–Trinajstić information content (AvgIpc) is 3.08. The van der Waals surface area contributed by atoms with Crippen molar-refractivity contribution in [1.82, 2.24) is 34.8 Å². The van der Waals surface area contributed by atoms with Crippen molar-refractivity contribution in [3.8, 4) is 0 Å². The molecule has 3 aromatic rings. The van der Waals surface area contributed by atoms with E-state index in [-0.39, 0.29) is 44.5 Å². The Balaban J connectivity index is 1.33. The number of rotatable bonds is 13. The van der Waals surface area contributed by atoms with Crippen molar-refractivity contribution in [2.24, 2.45) is 0 Å². The normalized spacial score (nSPS) is 15.9. The maximum Gasteiger partial charge on any atom is 0.317 e. The number of nitrogens with zero attached hydrogens (tertiary/aromatic N) is 6. The van der Waals surface area contributed by atoms with Gasteiger partial charge in [0, 0.05) is 83.1 Å². The molecule has 15 nitrogen and oxygen atoms in total. The summed E-state index contributed by atoms with van der Waals surface area (Å²) in [5.74, 6) is -3.47. The van der Waals surface area contributed by atoms with Gasteiger partial charge in [0.25, 0.3) is 5.91 Å². The summed E-state index contributed by atoms with van der Waals surface area (Å²) in [7, 11) is 1.73. The molecule has 0 aliphatic carbocycles. The molecule has 4 N–H and O–H groups in total. The van der Waals surface area contributed by atoms with E-state index in [1.54, 1.807) is 57.1 Å². The monoisotopic (exact) mass is 691 g/mol. The second kappa shape index (κ2) is 18.7. The minimum absolute atomic E-state index is 0.0104. The molecule has 50 heavy (non-hydrogen) atoms. The summed E-state index contributed by atoms with van der Waals surface area (Å²) < 4.78 is 0. The van der Waals surface area contributed by atoms with Crippen LogP contribution < -0.4 is 5.32 Å². The summed E-state index contributed by atoms with van der Waals surface area (Å²) >= 11 is 0. The highest BCUT2D eigenvalue weighted by Crippen LogP contribution is 2.18. The number of aromatic nitrogens is 1. The lowest BCUT2D eigenvalue weighted by atomic mass is 10.1. The fourth-order valence-corrected chi connectivity index (χ4v) is 5.83. The van der Waals surface area contributed by atoms with Gasteiger partial charge in [-0.3, -0.25) is 48.6 Å². The predicted molar refractivity (Wildman–Crippen MR) is 184 cm³/mol. The fourth-order valence-electron chi connectivity index (χ4n) is 5.83. The summed E-state index contributed by atoms with van der Waals surface area (Å²) in [5.41, 5.74) is 2.11. The minimum atomic E-state index is -1.02. The standard InChI is InChI=1S/C35H45N7O8/c1-38(21-30-29-5-3-2-4-27(29)10-11-36-30)35(50)28-8-6-26(7-9-28)20-37-31(43)22-39-12-14-40(23-32(44)45)16-18-42(25-34(48)49)19-17-41(15-13-39)24-33(46)47/h2-11H,12-25H2,1H3,(H,37,43)(H,44,45)(H,46,47)(H,48,49). The molecule has 0 spiro atoms. The second-order valence-electron chi connectivity index (χ2n) is 12.4. The van der Waals surface area contributed by atoms with Gasteiger partial charge in [-0.1, -0.05) is 36.4 Å². The topological polar surface area (TPSA) is 187 Å². The molecule has 0 saturated carbocycles. The molecule has 1 fully saturated rings. The number of fused-ring (bicyclic) bond motifs is 1. The Kier molecular flexibility index (Phi) is 14.2. The summed E-state index contributed by atoms with van der Waals surface area (Å²) in [6, 6.07) is 16.8. The highest BCUT2D eigenvalue weighted by molar-refractivity contribution is 5.94. The van der Waals surface area contributed by atoms with Crippen molar-refractivity contribution in [2.75, 3.05) is 85.6 Å². The Morgan fingerprint density at radius 3 is 1.66 bits per heavy atom. The van der Waals surface area contributed by atoms with E-state index in [1.807, 2.05) is 35.2 Å². The zero-order chi connectivity index (χ0) is 36.0. The zero-order valence-corrected chi connectivity index (χ0v) is 28.2. The predicted octanol–water partition coefficient (Wildman–Crippen LogP) is 0.599. The number of carboxylic acid groups (broad SMARTS) is 3. The molecule has 0 bridgehead atoms. The summed E-state index contributed by atoms with van der Waals surface area (Å²) in [6.07, 6.45) is 1.74. The third-order valence-electron chi connectivity index (χ3n) is 8.55. The van der Waals surface area contributed by atoms with Gasteiger partial charge >= 0.3 is 17.9 Å². The Hall–Kier alpha value is -4.96. The van der Waals surface area contributed by atoms with Gasteiger partial charge in [-0.05, 0) is 29.1 Å². The maximum atomic E-state index is 13.2. The van der Waals surface area contributed by atoms with Crippen LogP contribution in [0.2, 0.25) is 0 Å². The number of carbonyl (C=O) groups excluding carboxylic acids is 2. The zero-order valence-electron chi connectivity index (χ0n) is 28.2. The van der Waals surface area contributed by atoms with Gasteiger partial charge in [-0.25, -0.2) is 0 Å². The number of hydrogen-bond donors (Lipinski definition) is 4. The molecule has 0 atom stereocenters. The minimum Gasteiger partial charge on any atom is -0.480 e. The van der Waals surface area contributed by atoms with Crippen molar-refractivity contribution in [3.05, 3.63) is 77.6 Å². The molecule has 1 aromatic heterocycles. The molecule has 2 aromatic carbocycles. The number of hydrogen-bond acceptors (Lipinski definition) is 10. The second-order valence-corrected chi connectivity index (χ2v) is 12.4. The van der Waals surface area contributed by atoms with E-state index >= 15 is 0 Å². The lowest BCUT2D eigenvalue weighted by Crippen LogP contribution is -2.49. The van der Waals surface area contributed by atoms with Crippen molar-refractivity contribution in [1.29, 1.82) is 0 Å². The average molecular weight is 692 g/mol. The molecular weight excluding hydrogens is 646 g/mol. The van der Waals surface area contributed by atoms with Crippen LogP contribution in [0.4, 0.5) is 0 Å². The molecule has 0 unspecified atom stereocenters. The first-order chi connectivity index (χ1) is 24.0. The SMILES string of the molecule is CN(Cc1nccc2ccccc12)C(=O)c1ccc(CNC(=O)CN2CCN(CC(=O)O)CCN(CC(=O)O)CCN(CC(=O)O)CC2)cc1. The number of aliphatic carboxylic acids is 3. The number of carboxylic acids is 3. The van der Waals surface area contributed by atoms with Crippen LogP contribution in [0.3, 0.4) is 0 Å². The summed E-state index contributed by atoms with van der Waals surface area (Å²) in [5, 5.41) is 33.1. The van der Waals surface area contributed by atoms with Crippen LogP contribution in [0.25, 0.3) is 10.8 Å². The molecular formula is C35H45N7O8. The largest absolute Gasteiger partial charge is 0.480 e. The van der Waals surface area contributed by atoms with E-state index in [4.69, 9.17) is 0 Å². The lowest BCUT2D eigenvalue weighted by Gasteiger charge is -2.32. The summed E-state index contributed by atoms with van der Waals surface area (Å²) in [6.45, 7) is 2.39. The molecule has 15 heteroatoms. The van der Waals surface area contributed by atoms with Crippen LogP contribution >= 0.6 is 0 Å². The van der Waals surface area contributed by atoms with E-state index in [0.717, 1.165) is 22.0 Å². The number of carbonyl (C=O) groups is 5. The Morgan fingerprint density at radius 1 is 0.680 bits per heavy atom. The van der Waals surface area contributed by atoms with Gasteiger partial charge < -0.3 is 25.5 Å². The molecule has 2 heterocycles. The number of pyridine rings is 1. The van der Waals surface area contributed by atoms with Crippen molar-refractivity contribution >= 4 is 40.5 Å². The Morgan fingerprint density at radius 2 is 1.16 bits per heavy atom. The molecule has 2 amide bonds.